The van der Waals surface area contributed by atoms with Crippen LogP contribution in [-0.4, -0.2) is 44.5 Å². The van der Waals surface area contributed by atoms with E-state index in [1.807, 2.05) is 60.7 Å². The minimum absolute atomic E-state index is 0.126. The number of carbonyl (C=O) groups excluding carboxylic acids is 2. The Morgan fingerprint density at radius 3 is 2.33 bits per heavy atom. The molecule has 0 unspecified atom stereocenters. The molecule has 4 rings (SSSR count). The molecule has 0 radical (unpaired) electrons. The second-order valence-corrected chi connectivity index (χ2v) is 9.27. The second kappa shape index (κ2) is 12.6. The standard InChI is InChI=1S/C30H31N5O4/c1-3-4-11-18-33(30(37)24-17-16-22(2)27(19-24)35(38)39)21-29(36)31-28-20-26(23-12-7-5-8-13-23)32-34(28)25-14-9-6-10-15-25/h5-10,12-17,19-20H,3-4,11,18,21H2,1-2H3,(H,31,36). The first kappa shape index (κ1) is 27.3. The zero-order valence-electron chi connectivity index (χ0n) is 22.0. The second-order valence-electron chi connectivity index (χ2n) is 9.27. The number of rotatable bonds is 11. The number of aromatic nitrogens is 2. The summed E-state index contributed by atoms with van der Waals surface area (Å²) in [5.74, 6) is -0.346. The van der Waals surface area contributed by atoms with Crippen molar-refractivity contribution in [2.24, 2.45) is 0 Å². The Morgan fingerprint density at radius 1 is 0.974 bits per heavy atom. The topological polar surface area (TPSA) is 110 Å². The number of aryl methyl sites for hydroxylation is 1. The van der Waals surface area contributed by atoms with Gasteiger partial charge in [-0.3, -0.25) is 19.7 Å². The molecule has 0 aliphatic heterocycles. The molecule has 0 saturated heterocycles. The number of amides is 2. The van der Waals surface area contributed by atoms with Crippen molar-refractivity contribution in [3.63, 3.8) is 0 Å². The average Bonchev–Trinajstić information content (AvgIpc) is 3.37. The molecule has 0 fully saturated rings. The summed E-state index contributed by atoms with van der Waals surface area (Å²) >= 11 is 0. The van der Waals surface area contributed by atoms with Crippen LogP contribution in [0.25, 0.3) is 16.9 Å². The Labute approximate surface area is 227 Å². The summed E-state index contributed by atoms with van der Waals surface area (Å²) < 4.78 is 1.66. The van der Waals surface area contributed by atoms with Crippen molar-refractivity contribution in [2.45, 2.75) is 33.1 Å². The third kappa shape index (κ3) is 6.75. The molecule has 0 aliphatic carbocycles. The van der Waals surface area contributed by atoms with Crippen molar-refractivity contribution >= 4 is 23.3 Å². The van der Waals surface area contributed by atoms with Gasteiger partial charge in [-0.2, -0.15) is 5.10 Å². The monoisotopic (exact) mass is 525 g/mol. The van der Waals surface area contributed by atoms with Crippen LogP contribution in [0, 0.1) is 17.0 Å². The molecule has 1 aromatic heterocycles. The molecular formula is C30H31N5O4. The van der Waals surface area contributed by atoms with E-state index in [-0.39, 0.29) is 17.8 Å². The summed E-state index contributed by atoms with van der Waals surface area (Å²) in [5.41, 5.74) is 2.89. The molecule has 1 heterocycles. The zero-order chi connectivity index (χ0) is 27.8. The van der Waals surface area contributed by atoms with Crippen molar-refractivity contribution in [3.8, 4) is 16.9 Å². The number of anilines is 1. The highest BCUT2D eigenvalue weighted by Crippen LogP contribution is 2.25. The summed E-state index contributed by atoms with van der Waals surface area (Å²) in [6.07, 6.45) is 2.55. The minimum atomic E-state index is -0.505. The van der Waals surface area contributed by atoms with Crippen LogP contribution >= 0.6 is 0 Å². The number of unbranched alkanes of at least 4 members (excludes halogenated alkanes) is 2. The van der Waals surface area contributed by atoms with Gasteiger partial charge in [0.2, 0.25) is 5.91 Å². The van der Waals surface area contributed by atoms with Gasteiger partial charge in [-0.1, -0.05) is 74.4 Å². The lowest BCUT2D eigenvalue weighted by Crippen LogP contribution is -2.39. The van der Waals surface area contributed by atoms with Crippen molar-refractivity contribution in [1.82, 2.24) is 14.7 Å². The molecular weight excluding hydrogens is 494 g/mol. The molecule has 2 amide bonds. The van der Waals surface area contributed by atoms with Crippen LogP contribution in [0.3, 0.4) is 0 Å². The van der Waals surface area contributed by atoms with Crippen molar-refractivity contribution in [3.05, 3.63) is 106 Å². The van der Waals surface area contributed by atoms with Gasteiger partial charge in [-0.25, -0.2) is 4.68 Å². The smallest absolute Gasteiger partial charge is 0.273 e. The first-order valence-electron chi connectivity index (χ1n) is 12.9. The highest BCUT2D eigenvalue weighted by Gasteiger charge is 2.23. The Kier molecular flexibility index (Phi) is 8.83. The lowest BCUT2D eigenvalue weighted by molar-refractivity contribution is -0.385. The van der Waals surface area contributed by atoms with Crippen LogP contribution in [0.5, 0.6) is 0 Å². The largest absolute Gasteiger partial charge is 0.329 e. The summed E-state index contributed by atoms with van der Waals surface area (Å²) in [4.78, 5) is 39.1. The van der Waals surface area contributed by atoms with Gasteiger partial charge in [-0.15, -0.1) is 0 Å². The number of carbonyl (C=O) groups is 2. The number of nitro benzene ring substituents is 1. The van der Waals surface area contributed by atoms with E-state index in [0.29, 0.717) is 30.0 Å². The van der Waals surface area contributed by atoms with Gasteiger partial charge in [0.05, 0.1) is 16.3 Å². The van der Waals surface area contributed by atoms with Crippen LogP contribution < -0.4 is 5.32 Å². The Bertz CT molecular complexity index is 1450. The summed E-state index contributed by atoms with van der Waals surface area (Å²) in [6.45, 7) is 3.83. The van der Waals surface area contributed by atoms with E-state index in [4.69, 9.17) is 5.10 Å². The number of hydrogen-bond donors (Lipinski definition) is 1. The van der Waals surface area contributed by atoms with Crippen LogP contribution in [-0.2, 0) is 4.79 Å². The van der Waals surface area contributed by atoms with E-state index in [1.54, 1.807) is 29.8 Å². The van der Waals surface area contributed by atoms with Gasteiger partial charge in [0.1, 0.15) is 12.4 Å². The van der Waals surface area contributed by atoms with Crippen LogP contribution in [0.15, 0.2) is 84.9 Å². The van der Waals surface area contributed by atoms with Crippen LogP contribution in [0.1, 0.15) is 42.1 Å². The molecule has 39 heavy (non-hydrogen) atoms. The lowest BCUT2D eigenvalue weighted by atomic mass is 10.1. The van der Waals surface area contributed by atoms with Gasteiger partial charge in [0.25, 0.3) is 11.6 Å². The number of nitrogens with zero attached hydrogens (tertiary/aromatic N) is 4. The number of para-hydroxylation sites is 1. The number of hydrogen-bond acceptors (Lipinski definition) is 5. The van der Waals surface area contributed by atoms with E-state index in [9.17, 15) is 19.7 Å². The molecule has 3 aromatic carbocycles. The Morgan fingerprint density at radius 2 is 1.67 bits per heavy atom. The molecule has 0 bridgehead atoms. The predicted molar refractivity (Wildman–Crippen MR) is 151 cm³/mol. The van der Waals surface area contributed by atoms with E-state index >= 15 is 0 Å². The van der Waals surface area contributed by atoms with Gasteiger partial charge >= 0.3 is 0 Å². The fourth-order valence-corrected chi connectivity index (χ4v) is 4.27. The summed E-state index contributed by atoms with van der Waals surface area (Å²) in [6, 6.07) is 25.3. The Hall–Kier alpha value is -4.79. The van der Waals surface area contributed by atoms with Crippen molar-refractivity contribution in [1.29, 1.82) is 0 Å². The summed E-state index contributed by atoms with van der Waals surface area (Å²) in [7, 11) is 0. The minimum Gasteiger partial charge on any atom is -0.329 e. The molecule has 0 atom stereocenters. The van der Waals surface area contributed by atoms with Crippen molar-refractivity contribution in [2.75, 3.05) is 18.4 Å². The third-order valence-corrected chi connectivity index (χ3v) is 6.35. The molecule has 0 aliphatic rings. The molecule has 9 heteroatoms. The maximum atomic E-state index is 13.4. The van der Waals surface area contributed by atoms with Gasteiger partial charge in [0, 0.05) is 35.4 Å². The summed E-state index contributed by atoms with van der Waals surface area (Å²) in [5, 5.41) is 19.1. The van der Waals surface area contributed by atoms with Gasteiger partial charge in [-0.05, 0) is 31.5 Å². The normalized spacial score (nSPS) is 10.7. The number of benzene rings is 3. The van der Waals surface area contributed by atoms with Crippen molar-refractivity contribution < 1.29 is 14.5 Å². The van der Waals surface area contributed by atoms with Gasteiger partial charge < -0.3 is 10.2 Å². The SMILES string of the molecule is CCCCCN(CC(=O)Nc1cc(-c2ccccc2)nn1-c1ccccc1)C(=O)c1ccc(C)c([N+](=O)[O-])c1. The van der Waals surface area contributed by atoms with Gasteiger partial charge in [0.15, 0.2) is 0 Å². The molecule has 1 N–H and O–H groups in total. The maximum absolute atomic E-state index is 13.4. The zero-order valence-corrected chi connectivity index (χ0v) is 22.0. The fraction of sp³-hybridized carbons (Fsp3) is 0.233. The molecule has 0 saturated carbocycles. The fourth-order valence-electron chi connectivity index (χ4n) is 4.27. The Balaban J connectivity index is 1.60. The number of nitro groups is 1. The highest BCUT2D eigenvalue weighted by atomic mass is 16.6. The lowest BCUT2D eigenvalue weighted by Gasteiger charge is -2.22. The third-order valence-electron chi connectivity index (χ3n) is 6.35. The van der Waals surface area contributed by atoms with E-state index in [1.165, 1.54) is 11.0 Å². The first-order valence-corrected chi connectivity index (χ1v) is 12.9. The van der Waals surface area contributed by atoms with Crippen LogP contribution in [0.2, 0.25) is 0 Å². The van der Waals surface area contributed by atoms with Crippen LogP contribution in [0.4, 0.5) is 11.5 Å². The van der Waals surface area contributed by atoms with E-state index < -0.39 is 16.7 Å². The van der Waals surface area contributed by atoms with E-state index in [2.05, 4.69) is 12.2 Å². The molecule has 0 spiro atoms. The highest BCUT2D eigenvalue weighted by molar-refractivity contribution is 5.99. The maximum Gasteiger partial charge on any atom is 0.273 e. The molecule has 9 nitrogen and oxygen atoms in total. The quantitative estimate of drug-likeness (QED) is 0.146. The number of nitrogens with one attached hydrogen (secondary N) is 1. The van der Waals surface area contributed by atoms with E-state index in [0.717, 1.165) is 24.1 Å². The molecule has 4 aromatic rings. The first-order chi connectivity index (χ1) is 18.9. The average molecular weight is 526 g/mol. The molecule has 200 valence electrons. The predicted octanol–water partition coefficient (Wildman–Crippen LogP) is 6.03.